The molecule has 1 aliphatic heterocycles. The summed E-state index contributed by atoms with van der Waals surface area (Å²) >= 11 is 4.01. The highest BCUT2D eigenvalue weighted by Gasteiger charge is 2.31. The van der Waals surface area contributed by atoms with E-state index in [9.17, 15) is 0 Å². The second kappa shape index (κ2) is 8.76. The lowest BCUT2D eigenvalue weighted by Crippen LogP contribution is -2.01. The van der Waals surface area contributed by atoms with Gasteiger partial charge in [-0.3, -0.25) is 0 Å². The zero-order valence-electron chi connectivity index (χ0n) is 16.8. The Morgan fingerprint density at radius 2 is 1.59 bits per heavy atom. The van der Waals surface area contributed by atoms with E-state index in [0.717, 1.165) is 24.3 Å². The van der Waals surface area contributed by atoms with Crippen molar-refractivity contribution in [1.82, 2.24) is 0 Å². The summed E-state index contributed by atoms with van der Waals surface area (Å²) in [5, 5.41) is 0.979. The Kier molecular flexibility index (Phi) is 6.61. The summed E-state index contributed by atoms with van der Waals surface area (Å²) in [7, 11) is 4.98. The molecule has 0 saturated carbocycles. The summed E-state index contributed by atoms with van der Waals surface area (Å²) in [5.74, 6) is 2.10. The lowest BCUT2D eigenvalue weighted by Gasteiger charge is -2.17. The molecule has 0 bridgehead atoms. The van der Waals surface area contributed by atoms with Gasteiger partial charge in [-0.15, -0.1) is 23.1 Å². The maximum absolute atomic E-state index is 5.79. The predicted molar refractivity (Wildman–Crippen MR) is 115 cm³/mol. The van der Waals surface area contributed by atoms with Gasteiger partial charge in [0, 0.05) is 20.3 Å². The molecule has 2 heterocycles. The van der Waals surface area contributed by atoms with Gasteiger partial charge in [-0.1, -0.05) is 0 Å². The van der Waals surface area contributed by atoms with Crippen LogP contribution in [0, 0.1) is 13.8 Å². The normalized spacial score (nSPS) is 19.3. The molecule has 1 aromatic carbocycles. The first-order valence-electron chi connectivity index (χ1n) is 9.28. The van der Waals surface area contributed by atoms with Crippen LogP contribution in [0.5, 0.6) is 17.2 Å². The van der Waals surface area contributed by atoms with E-state index < -0.39 is 0 Å². The summed E-state index contributed by atoms with van der Waals surface area (Å²) in [6, 6.07) is 4.18. The van der Waals surface area contributed by atoms with Gasteiger partial charge in [-0.2, -0.15) is 0 Å². The van der Waals surface area contributed by atoms with Gasteiger partial charge < -0.3 is 19.9 Å². The Bertz CT molecular complexity index is 778. The van der Waals surface area contributed by atoms with Gasteiger partial charge in [-0.25, -0.2) is 0 Å². The first kappa shape index (κ1) is 20.4. The Morgan fingerprint density at radius 1 is 0.963 bits per heavy atom. The van der Waals surface area contributed by atoms with Crippen molar-refractivity contribution >= 4 is 23.1 Å². The molecule has 0 aliphatic carbocycles. The van der Waals surface area contributed by atoms with Crippen LogP contribution in [0.3, 0.4) is 0 Å². The lowest BCUT2D eigenvalue weighted by atomic mass is 10.0. The van der Waals surface area contributed by atoms with Crippen LogP contribution in [0.4, 0.5) is 0 Å². The van der Waals surface area contributed by atoms with Crippen LogP contribution in [-0.2, 0) is 6.42 Å². The molecule has 1 aliphatic rings. The van der Waals surface area contributed by atoms with Gasteiger partial charge in [0.2, 0.25) is 5.75 Å². The standard InChI is InChI=1S/C21H29NO3S2/c1-12-13(2)21(27-17(12)8-9-22)19-7-6-18(26-19)14-10-15(23-3)20(25-5)16(11-14)24-4/h10-11,18-19H,6-9,22H2,1-5H3/t18-,19-/m1/s1. The fourth-order valence-corrected chi connectivity index (χ4v) is 6.91. The van der Waals surface area contributed by atoms with Gasteiger partial charge in [0.15, 0.2) is 11.5 Å². The number of rotatable bonds is 7. The highest BCUT2D eigenvalue weighted by atomic mass is 32.2. The van der Waals surface area contributed by atoms with Crippen LogP contribution in [-0.4, -0.2) is 27.9 Å². The molecule has 0 radical (unpaired) electrons. The van der Waals surface area contributed by atoms with Crippen LogP contribution >= 0.6 is 23.1 Å². The van der Waals surface area contributed by atoms with E-state index in [2.05, 4.69) is 37.7 Å². The molecule has 2 aromatic rings. The van der Waals surface area contributed by atoms with Crippen molar-refractivity contribution in [3.8, 4) is 17.2 Å². The van der Waals surface area contributed by atoms with Crippen LogP contribution in [0.25, 0.3) is 0 Å². The lowest BCUT2D eigenvalue weighted by molar-refractivity contribution is 0.323. The fraction of sp³-hybridized carbons (Fsp3) is 0.524. The minimum absolute atomic E-state index is 0.434. The van der Waals surface area contributed by atoms with Crippen molar-refractivity contribution in [2.75, 3.05) is 27.9 Å². The number of nitrogens with two attached hydrogens (primary N) is 1. The maximum atomic E-state index is 5.79. The quantitative estimate of drug-likeness (QED) is 0.683. The molecule has 2 N–H and O–H groups in total. The Balaban J connectivity index is 1.85. The van der Waals surface area contributed by atoms with E-state index in [-0.39, 0.29) is 0 Å². The number of hydrogen-bond donors (Lipinski definition) is 1. The average molecular weight is 408 g/mol. The number of methoxy groups -OCH3 is 3. The summed E-state index contributed by atoms with van der Waals surface area (Å²) in [6.45, 7) is 5.21. The van der Waals surface area contributed by atoms with Crippen LogP contribution < -0.4 is 19.9 Å². The smallest absolute Gasteiger partial charge is 0.203 e. The van der Waals surface area contributed by atoms with Gasteiger partial charge in [0.1, 0.15) is 0 Å². The summed E-state index contributed by atoms with van der Waals surface area (Å²) in [5.41, 5.74) is 9.91. The summed E-state index contributed by atoms with van der Waals surface area (Å²) in [4.78, 5) is 2.97. The van der Waals surface area contributed by atoms with Crippen LogP contribution in [0.15, 0.2) is 12.1 Å². The number of thioether (sulfide) groups is 1. The number of thiophene rings is 1. The summed E-state index contributed by atoms with van der Waals surface area (Å²) in [6.07, 6.45) is 3.32. The average Bonchev–Trinajstić information content (AvgIpc) is 3.27. The first-order valence-corrected chi connectivity index (χ1v) is 11.0. The molecule has 1 saturated heterocycles. The van der Waals surface area contributed by atoms with E-state index in [1.54, 1.807) is 21.3 Å². The van der Waals surface area contributed by atoms with Crippen molar-refractivity contribution < 1.29 is 14.2 Å². The largest absolute Gasteiger partial charge is 0.493 e. The number of benzene rings is 1. The minimum Gasteiger partial charge on any atom is -0.493 e. The highest BCUT2D eigenvalue weighted by molar-refractivity contribution is 8.00. The van der Waals surface area contributed by atoms with Crippen molar-refractivity contribution in [2.24, 2.45) is 5.73 Å². The van der Waals surface area contributed by atoms with Gasteiger partial charge in [0.25, 0.3) is 0 Å². The molecule has 6 heteroatoms. The second-order valence-corrected chi connectivity index (χ2v) is 9.37. The third-order valence-corrected chi connectivity index (χ3v) is 8.68. The van der Waals surface area contributed by atoms with Crippen LogP contribution in [0.2, 0.25) is 0 Å². The van der Waals surface area contributed by atoms with Crippen molar-refractivity contribution in [3.63, 3.8) is 0 Å². The van der Waals surface area contributed by atoms with E-state index in [4.69, 9.17) is 19.9 Å². The van der Waals surface area contributed by atoms with Crippen molar-refractivity contribution in [1.29, 1.82) is 0 Å². The molecule has 27 heavy (non-hydrogen) atoms. The Hall–Kier alpha value is -1.37. The zero-order chi connectivity index (χ0) is 19.6. The first-order chi connectivity index (χ1) is 13.0. The Morgan fingerprint density at radius 3 is 2.15 bits per heavy atom. The molecule has 148 valence electrons. The third-order valence-electron chi connectivity index (χ3n) is 5.33. The topological polar surface area (TPSA) is 53.7 Å². The molecular weight excluding hydrogens is 378 g/mol. The monoisotopic (exact) mass is 407 g/mol. The third kappa shape index (κ3) is 3.93. The predicted octanol–water partition coefficient (Wildman–Crippen LogP) is 5.20. The van der Waals surface area contributed by atoms with E-state index in [1.807, 2.05) is 11.3 Å². The number of ether oxygens (including phenoxy) is 3. The molecule has 3 rings (SSSR count). The van der Waals surface area contributed by atoms with Gasteiger partial charge in [0.05, 0.1) is 21.3 Å². The van der Waals surface area contributed by atoms with E-state index >= 15 is 0 Å². The molecule has 2 atom stereocenters. The van der Waals surface area contributed by atoms with E-state index in [0.29, 0.717) is 22.8 Å². The number of hydrogen-bond acceptors (Lipinski definition) is 6. The van der Waals surface area contributed by atoms with Gasteiger partial charge >= 0.3 is 0 Å². The molecule has 1 fully saturated rings. The molecule has 4 nitrogen and oxygen atoms in total. The highest BCUT2D eigenvalue weighted by Crippen LogP contribution is 2.56. The molecular formula is C21H29NO3S2. The van der Waals surface area contributed by atoms with Crippen molar-refractivity contribution in [2.45, 2.75) is 43.6 Å². The maximum Gasteiger partial charge on any atom is 0.203 e. The van der Waals surface area contributed by atoms with Crippen molar-refractivity contribution in [3.05, 3.63) is 38.6 Å². The van der Waals surface area contributed by atoms with Gasteiger partial charge in [-0.05, 0) is 68.5 Å². The molecule has 1 aromatic heterocycles. The van der Waals surface area contributed by atoms with E-state index in [1.165, 1.54) is 32.9 Å². The Labute approximate surface area is 170 Å². The second-order valence-electron chi connectivity index (χ2n) is 6.83. The zero-order valence-corrected chi connectivity index (χ0v) is 18.4. The molecule has 0 unspecified atom stereocenters. The SMILES string of the molecule is COc1cc([C@H]2CC[C@H](c3sc(CCN)c(C)c3C)S2)cc(OC)c1OC. The van der Waals surface area contributed by atoms with Crippen LogP contribution in [0.1, 0.15) is 49.8 Å². The minimum atomic E-state index is 0.434. The molecule has 0 amide bonds. The molecule has 0 spiro atoms. The summed E-state index contributed by atoms with van der Waals surface area (Å²) < 4.78 is 16.5. The fourth-order valence-electron chi connectivity index (χ4n) is 3.72.